The van der Waals surface area contributed by atoms with E-state index in [-0.39, 0.29) is 6.90 Å². The first-order valence-corrected chi connectivity index (χ1v) is 7.03. The van der Waals surface area contributed by atoms with Gasteiger partial charge in [-0.3, -0.25) is 4.40 Å². The standard InChI is InChI=1S/C8H10N4.2C3H8.CH4O.H2O.H2/c1-5-3-7(9)8-11-10-6(2)12(8)4-5;2*1-3-2;1-2;;/h3-4H,9H2,1-2H3;2*3H2,1-2H3;2H,1H3;1H2;1H. The van der Waals surface area contributed by atoms with Gasteiger partial charge in [0.2, 0.25) is 0 Å². The topological polar surface area (TPSA) is 108 Å². The normalized spacial score (nSPS) is 8.19. The summed E-state index contributed by atoms with van der Waals surface area (Å²) in [6, 6.07) is 1.89. The Labute approximate surface area is 129 Å². The van der Waals surface area contributed by atoms with Gasteiger partial charge >= 0.3 is 0 Å². The highest BCUT2D eigenvalue weighted by molar-refractivity contribution is 5.64. The Morgan fingerprint density at radius 2 is 1.52 bits per heavy atom. The number of hydrogen-bond acceptors (Lipinski definition) is 4. The van der Waals surface area contributed by atoms with Crippen molar-refractivity contribution in [3.8, 4) is 0 Å². The molecule has 0 bridgehead atoms. The molecule has 0 aliphatic heterocycles. The maximum Gasteiger partial charge on any atom is 0.183 e. The highest BCUT2D eigenvalue weighted by Gasteiger charge is 2.03. The van der Waals surface area contributed by atoms with E-state index in [2.05, 4.69) is 37.9 Å². The number of aliphatic hydroxyl groups is 1. The second-order valence-corrected chi connectivity index (χ2v) is 4.33. The van der Waals surface area contributed by atoms with Crippen molar-refractivity contribution >= 4 is 11.3 Å². The molecule has 0 saturated carbocycles. The number of aliphatic hydroxyl groups excluding tert-OH is 1. The number of anilines is 1. The number of hydrogen-bond donors (Lipinski definition) is 2. The fraction of sp³-hybridized carbons (Fsp3) is 0.600. The highest BCUT2D eigenvalue weighted by Crippen LogP contribution is 2.13. The average molecular weight is 302 g/mol. The predicted molar refractivity (Wildman–Crippen MR) is 92.7 cm³/mol. The molecule has 0 amide bonds. The van der Waals surface area contributed by atoms with E-state index >= 15 is 0 Å². The summed E-state index contributed by atoms with van der Waals surface area (Å²) >= 11 is 0. The average Bonchev–Trinajstić information content (AvgIpc) is 2.76. The summed E-state index contributed by atoms with van der Waals surface area (Å²) in [5.41, 5.74) is 8.27. The maximum atomic E-state index is 7.00. The molecule has 2 aromatic rings. The summed E-state index contributed by atoms with van der Waals surface area (Å²) in [7, 11) is 1.00. The molecule has 0 unspecified atom stereocenters. The summed E-state index contributed by atoms with van der Waals surface area (Å²) in [6.07, 6.45) is 4.47. The van der Waals surface area contributed by atoms with Crippen LogP contribution in [0, 0.1) is 13.8 Å². The summed E-state index contributed by atoms with van der Waals surface area (Å²) < 4.78 is 1.89. The Morgan fingerprint density at radius 3 is 1.95 bits per heavy atom. The van der Waals surface area contributed by atoms with Crippen LogP contribution >= 0.6 is 0 Å². The molecule has 0 aromatic carbocycles. The molecule has 0 aliphatic rings. The lowest BCUT2D eigenvalue weighted by Gasteiger charge is -1.99. The van der Waals surface area contributed by atoms with Gasteiger partial charge in [0.15, 0.2) is 5.65 Å². The summed E-state index contributed by atoms with van der Waals surface area (Å²) in [4.78, 5) is 0. The van der Waals surface area contributed by atoms with E-state index in [1.807, 2.05) is 30.5 Å². The Bertz CT molecular complexity index is 474. The molecule has 21 heavy (non-hydrogen) atoms. The van der Waals surface area contributed by atoms with Crippen molar-refractivity contribution in [2.75, 3.05) is 12.8 Å². The van der Waals surface area contributed by atoms with Crippen LogP contribution in [0.4, 0.5) is 5.69 Å². The van der Waals surface area contributed by atoms with Crippen LogP contribution in [0.2, 0.25) is 0 Å². The molecular weight excluding hydrogens is 268 g/mol. The van der Waals surface area contributed by atoms with E-state index in [0.29, 0.717) is 5.69 Å². The van der Waals surface area contributed by atoms with Gasteiger partial charge in [-0.05, 0) is 25.5 Å². The number of pyridine rings is 1. The lowest BCUT2D eigenvalue weighted by atomic mass is 10.3. The molecular formula is C15H34N4O2. The third kappa shape index (κ3) is 8.99. The molecule has 5 N–H and O–H groups in total. The lowest BCUT2D eigenvalue weighted by Crippen LogP contribution is -1.95. The van der Waals surface area contributed by atoms with Crippen LogP contribution in [0.15, 0.2) is 12.3 Å². The fourth-order valence-electron chi connectivity index (χ4n) is 1.27. The van der Waals surface area contributed by atoms with E-state index in [1.165, 1.54) is 12.8 Å². The minimum Gasteiger partial charge on any atom is -0.412 e. The van der Waals surface area contributed by atoms with Crippen LogP contribution in [0.5, 0.6) is 0 Å². The van der Waals surface area contributed by atoms with E-state index < -0.39 is 0 Å². The van der Waals surface area contributed by atoms with Crippen LogP contribution < -0.4 is 5.73 Å². The summed E-state index contributed by atoms with van der Waals surface area (Å²) in [6.45, 7) is 12.4. The quantitative estimate of drug-likeness (QED) is 0.780. The molecule has 0 spiro atoms. The molecule has 2 rings (SSSR count). The predicted octanol–water partition coefficient (Wildman–Crippen LogP) is 2.79. The van der Waals surface area contributed by atoms with Gasteiger partial charge in [-0.15, -0.1) is 10.2 Å². The van der Waals surface area contributed by atoms with Gasteiger partial charge in [-0.2, -0.15) is 0 Å². The molecule has 6 nitrogen and oxygen atoms in total. The van der Waals surface area contributed by atoms with Gasteiger partial charge in [0.1, 0.15) is 5.82 Å². The molecule has 0 atom stereocenters. The lowest BCUT2D eigenvalue weighted by molar-refractivity contribution is 0.399. The van der Waals surface area contributed by atoms with E-state index in [4.69, 9.17) is 10.8 Å². The highest BCUT2D eigenvalue weighted by atomic mass is 16.2. The van der Waals surface area contributed by atoms with Crippen molar-refractivity contribution in [3.05, 3.63) is 23.7 Å². The Hall–Kier alpha value is -1.66. The van der Waals surface area contributed by atoms with Gasteiger partial charge in [0.05, 0.1) is 5.69 Å². The van der Waals surface area contributed by atoms with Crippen molar-refractivity contribution in [3.63, 3.8) is 0 Å². The zero-order valence-electron chi connectivity index (χ0n) is 14.4. The number of rotatable bonds is 0. The number of aromatic nitrogens is 3. The maximum absolute atomic E-state index is 7.00. The zero-order chi connectivity index (χ0) is 16.1. The van der Waals surface area contributed by atoms with Gasteiger partial charge in [-0.25, -0.2) is 0 Å². The van der Waals surface area contributed by atoms with Crippen LogP contribution in [0.1, 0.15) is 53.4 Å². The summed E-state index contributed by atoms with van der Waals surface area (Å²) in [5.74, 6) is 0.861. The number of nitrogen functional groups attached to an aromatic ring is 1. The largest absolute Gasteiger partial charge is 0.412 e. The van der Waals surface area contributed by atoms with E-state index in [1.54, 1.807) is 0 Å². The van der Waals surface area contributed by atoms with Gasteiger partial charge < -0.3 is 16.3 Å². The van der Waals surface area contributed by atoms with Crippen LogP contribution in [0.3, 0.4) is 0 Å². The van der Waals surface area contributed by atoms with Crippen LogP contribution in [-0.2, 0) is 0 Å². The minimum atomic E-state index is 0. The number of fused-ring (bicyclic) bond motifs is 1. The van der Waals surface area contributed by atoms with Crippen LogP contribution in [0.25, 0.3) is 5.65 Å². The molecule has 126 valence electrons. The van der Waals surface area contributed by atoms with Gasteiger partial charge in [-0.1, -0.05) is 40.5 Å². The Morgan fingerprint density at radius 1 is 1.10 bits per heavy atom. The fourth-order valence-corrected chi connectivity index (χ4v) is 1.27. The first-order chi connectivity index (χ1) is 9.51. The number of nitrogens with two attached hydrogens (primary N) is 1. The molecule has 2 heterocycles. The number of aryl methyl sites for hydroxylation is 2. The monoisotopic (exact) mass is 302 g/mol. The smallest absolute Gasteiger partial charge is 0.183 e. The summed E-state index contributed by atoms with van der Waals surface area (Å²) in [5, 5.41) is 14.9. The Balaban J connectivity index is -0.000000140. The SMILES string of the molecule is CCC.CCC.CO.Cc1cc(N)c2nnc(C)n2c1.O.[HH]. The molecule has 0 aliphatic carbocycles. The second kappa shape index (κ2) is 14.7. The molecule has 0 radical (unpaired) electrons. The molecule has 6 heteroatoms. The van der Waals surface area contributed by atoms with Crippen molar-refractivity contribution in [2.24, 2.45) is 0 Å². The van der Waals surface area contributed by atoms with Crippen molar-refractivity contribution in [1.82, 2.24) is 14.6 Å². The van der Waals surface area contributed by atoms with Crippen molar-refractivity contribution < 1.29 is 12.0 Å². The van der Waals surface area contributed by atoms with Crippen molar-refractivity contribution in [1.29, 1.82) is 0 Å². The second-order valence-electron chi connectivity index (χ2n) is 4.33. The van der Waals surface area contributed by atoms with Gasteiger partial charge in [0, 0.05) is 14.7 Å². The third-order valence-corrected chi connectivity index (χ3v) is 1.84. The molecule has 0 saturated heterocycles. The third-order valence-electron chi connectivity index (χ3n) is 1.84. The number of nitrogens with zero attached hydrogens (tertiary/aromatic N) is 3. The molecule has 2 aromatic heterocycles. The Kier molecular flexibility index (Phi) is 17.1. The van der Waals surface area contributed by atoms with Crippen molar-refractivity contribution in [2.45, 2.75) is 54.4 Å². The van der Waals surface area contributed by atoms with Crippen LogP contribution in [-0.4, -0.2) is 32.3 Å². The van der Waals surface area contributed by atoms with Gasteiger partial charge in [0.25, 0.3) is 0 Å². The first-order valence-electron chi connectivity index (χ1n) is 7.03. The minimum absolute atomic E-state index is 0. The van der Waals surface area contributed by atoms with E-state index in [0.717, 1.165) is 24.1 Å². The first kappa shape index (κ1) is 24.4. The zero-order valence-corrected chi connectivity index (χ0v) is 14.4. The van der Waals surface area contributed by atoms with E-state index in [9.17, 15) is 0 Å². The molecule has 0 fully saturated rings.